The Labute approximate surface area is 138 Å². The zero-order chi connectivity index (χ0) is 16.4. The molecule has 3 rings (SSSR count). The number of fused-ring (bicyclic) bond motifs is 2. The van der Waals surface area contributed by atoms with Gasteiger partial charge in [0, 0.05) is 36.8 Å². The maximum atomic E-state index is 12.3. The summed E-state index contributed by atoms with van der Waals surface area (Å²) in [6.45, 7) is 4.52. The molecule has 1 spiro atoms. The second kappa shape index (κ2) is 6.28. The van der Waals surface area contributed by atoms with Gasteiger partial charge in [-0.05, 0) is 45.5 Å². The van der Waals surface area contributed by atoms with E-state index in [0.29, 0.717) is 0 Å². The van der Waals surface area contributed by atoms with Crippen LogP contribution in [-0.4, -0.2) is 55.1 Å². The lowest BCUT2D eigenvalue weighted by atomic mass is 9.71. The second-order valence-electron chi connectivity index (χ2n) is 6.79. The fourth-order valence-corrected chi connectivity index (χ4v) is 3.67. The number of piperidine rings is 1. The zero-order valence-corrected chi connectivity index (χ0v) is 14.2. The molecule has 1 aromatic rings. The molecule has 0 aliphatic carbocycles. The molecule has 0 bridgehead atoms. The number of hydrogen-bond acceptors (Lipinski definition) is 3. The molecule has 0 N–H and O–H groups in total. The molecule has 2 aliphatic rings. The maximum absolute atomic E-state index is 12.3. The van der Waals surface area contributed by atoms with Crippen LogP contribution >= 0.6 is 0 Å². The Morgan fingerprint density at radius 1 is 1.30 bits per heavy atom. The van der Waals surface area contributed by atoms with Gasteiger partial charge in [0.2, 0.25) is 5.91 Å². The Kier molecular flexibility index (Phi) is 4.35. The molecule has 1 amide bonds. The molecule has 4 heteroatoms. The van der Waals surface area contributed by atoms with Gasteiger partial charge in [0.1, 0.15) is 0 Å². The summed E-state index contributed by atoms with van der Waals surface area (Å²) < 4.78 is 0. The van der Waals surface area contributed by atoms with Crippen LogP contribution in [0.25, 0.3) is 0 Å². The summed E-state index contributed by atoms with van der Waals surface area (Å²) in [5.74, 6) is 0.127. The fraction of sp³-hybridized carbons (Fsp3) is 0.474. The van der Waals surface area contributed by atoms with Crippen LogP contribution in [0, 0.1) is 0 Å². The number of aliphatic imine (C=N–C) groups is 1. The molecule has 1 aromatic carbocycles. The standard InChI is InChI=1S/C19H25N3O/c1-15-19(16-7-4-5-8-17(16)20-15)10-13-22(14-11-19)18(23)9-6-12-21(2)3/h4-9H,10-14H2,1-3H3/b9-6+. The molecule has 2 aliphatic heterocycles. The highest BCUT2D eigenvalue weighted by atomic mass is 16.2. The van der Waals surface area contributed by atoms with Crippen LogP contribution in [0.3, 0.4) is 0 Å². The summed E-state index contributed by atoms with van der Waals surface area (Å²) >= 11 is 0. The molecule has 4 nitrogen and oxygen atoms in total. The maximum Gasteiger partial charge on any atom is 0.246 e. The lowest BCUT2D eigenvalue weighted by molar-refractivity contribution is -0.127. The average molecular weight is 311 g/mol. The van der Waals surface area contributed by atoms with Crippen molar-refractivity contribution in [2.45, 2.75) is 25.2 Å². The number of hydrogen-bond donors (Lipinski definition) is 0. The van der Waals surface area contributed by atoms with Gasteiger partial charge in [-0.2, -0.15) is 0 Å². The van der Waals surface area contributed by atoms with E-state index in [2.05, 4.69) is 25.1 Å². The molecular weight excluding hydrogens is 286 g/mol. The van der Waals surface area contributed by atoms with Gasteiger partial charge in [-0.3, -0.25) is 9.79 Å². The summed E-state index contributed by atoms with van der Waals surface area (Å²) in [4.78, 5) is 21.1. The monoisotopic (exact) mass is 311 g/mol. The van der Waals surface area contributed by atoms with E-state index in [0.717, 1.165) is 38.2 Å². The van der Waals surface area contributed by atoms with Crippen molar-refractivity contribution < 1.29 is 4.79 Å². The molecule has 0 saturated carbocycles. The minimum Gasteiger partial charge on any atom is -0.339 e. The predicted octanol–water partition coefficient (Wildman–Crippen LogP) is 2.77. The van der Waals surface area contributed by atoms with E-state index in [4.69, 9.17) is 4.99 Å². The van der Waals surface area contributed by atoms with Crippen LogP contribution in [0.15, 0.2) is 41.4 Å². The summed E-state index contributed by atoms with van der Waals surface area (Å²) in [6, 6.07) is 8.43. The number of benzene rings is 1. The van der Waals surface area contributed by atoms with Crippen LogP contribution in [0.2, 0.25) is 0 Å². The Morgan fingerprint density at radius 3 is 2.70 bits per heavy atom. The molecule has 0 radical (unpaired) electrons. The van der Waals surface area contributed by atoms with Crippen LogP contribution < -0.4 is 0 Å². The van der Waals surface area contributed by atoms with E-state index in [9.17, 15) is 4.79 Å². The molecule has 1 fully saturated rings. The van der Waals surface area contributed by atoms with Gasteiger partial charge in [-0.1, -0.05) is 24.3 Å². The SMILES string of the molecule is CC1=Nc2ccccc2C12CCN(C(=O)/C=C/CN(C)C)CC2. The molecule has 122 valence electrons. The summed E-state index contributed by atoms with van der Waals surface area (Å²) in [6.07, 6.45) is 5.57. The number of likely N-dealkylation sites (N-methyl/N-ethyl adjacent to an activating group) is 1. The lowest BCUT2D eigenvalue weighted by Crippen LogP contribution is -2.47. The first-order chi connectivity index (χ1) is 11.0. The molecule has 23 heavy (non-hydrogen) atoms. The molecule has 0 unspecified atom stereocenters. The smallest absolute Gasteiger partial charge is 0.246 e. The first-order valence-corrected chi connectivity index (χ1v) is 8.28. The van der Waals surface area contributed by atoms with Crippen molar-refractivity contribution in [3.05, 3.63) is 42.0 Å². The Hall–Kier alpha value is -1.94. The van der Waals surface area contributed by atoms with Crippen molar-refractivity contribution in [1.82, 2.24) is 9.80 Å². The Balaban J connectivity index is 1.68. The molecule has 1 saturated heterocycles. The third kappa shape index (κ3) is 2.95. The van der Waals surface area contributed by atoms with E-state index >= 15 is 0 Å². The third-order valence-corrected chi connectivity index (χ3v) is 5.06. The predicted molar refractivity (Wildman–Crippen MR) is 94.4 cm³/mol. The summed E-state index contributed by atoms with van der Waals surface area (Å²) in [5.41, 5.74) is 3.69. The van der Waals surface area contributed by atoms with E-state index in [1.807, 2.05) is 36.0 Å². The molecule has 0 atom stereocenters. The first-order valence-electron chi connectivity index (χ1n) is 8.28. The zero-order valence-electron chi connectivity index (χ0n) is 14.2. The number of likely N-dealkylation sites (tertiary alicyclic amines) is 1. The fourth-order valence-electron chi connectivity index (χ4n) is 3.67. The minimum absolute atomic E-state index is 0.0424. The van der Waals surface area contributed by atoms with Gasteiger partial charge >= 0.3 is 0 Å². The van der Waals surface area contributed by atoms with Gasteiger partial charge in [-0.15, -0.1) is 0 Å². The summed E-state index contributed by atoms with van der Waals surface area (Å²) in [7, 11) is 4.00. The van der Waals surface area contributed by atoms with Crippen molar-refractivity contribution >= 4 is 17.3 Å². The largest absolute Gasteiger partial charge is 0.339 e. The van der Waals surface area contributed by atoms with Gasteiger partial charge in [-0.25, -0.2) is 0 Å². The topological polar surface area (TPSA) is 35.9 Å². The summed E-state index contributed by atoms with van der Waals surface area (Å²) in [5, 5.41) is 0. The van der Waals surface area contributed by atoms with E-state index < -0.39 is 0 Å². The van der Waals surface area contributed by atoms with Crippen LogP contribution in [0.1, 0.15) is 25.3 Å². The Bertz CT molecular complexity index is 652. The number of amides is 1. The van der Waals surface area contributed by atoms with Crippen LogP contribution in [0.4, 0.5) is 5.69 Å². The number of nitrogens with zero attached hydrogens (tertiary/aromatic N) is 3. The van der Waals surface area contributed by atoms with Gasteiger partial charge in [0.25, 0.3) is 0 Å². The first kappa shape index (κ1) is 15.9. The van der Waals surface area contributed by atoms with Crippen molar-refractivity contribution in [3.63, 3.8) is 0 Å². The lowest BCUT2D eigenvalue weighted by Gasteiger charge is -2.40. The number of para-hydroxylation sites is 1. The normalized spacial score (nSPS) is 19.5. The number of carbonyl (C=O) groups excluding carboxylic acids is 1. The van der Waals surface area contributed by atoms with Gasteiger partial charge in [0.15, 0.2) is 0 Å². The van der Waals surface area contributed by atoms with E-state index in [-0.39, 0.29) is 11.3 Å². The van der Waals surface area contributed by atoms with E-state index in [1.165, 1.54) is 11.3 Å². The minimum atomic E-state index is 0.0424. The van der Waals surface area contributed by atoms with Crippen molar-refractivity contribution in [2.24, 2.45) is 4.99 Å². The average Bonchev–Trinajstić information content (AvgIpc) is 2.80. The van der Waals surface area contributed by atoms with Crippen molar-refractivity contribution in [1.29, 1.82) is 0 Å². The highest BCUT2D eigenvalue weighted by Gasteiger charge is 2.43. The van der Waals surface area contributed by atoms with Crippen LogP contribution in [0.5, 0.6) is 0 Å². The Morgan fingerprint density at radius 2 is 2.00 bits per heavy atom. The van der Waals surface area contributed by atoms with Crippen LogP contribution in [-0.2, 0) is 10.2 Å². The quantitative estimate of drug-likeness (QED) is 0.805. The van der Waals surface area contributed by atoms with Crippen molar-refractivity contribution in [3.8, 4) is 0 Å². The van der Waals surface area contributed by atoms with Gasteiger partial charge < -0.3 is 9.80 Å². The molecule has 0 aromatic heterocycles. The highest BCUT2D eigenvalue weighted by Crippen LogP contribution is 2.46. The number of rotatable bonds is 3. The second-order valence-corrected chi connectivity index (χ2v) is 6.79. The van der Waals surface area contributed by atoms with Gasteiger partial charge in [0.05, 0.1) is 5.69 Å². The molecular formula is C19H25N3O. The third-order valence-electron chi connectivity index (χ3n) is 5.06. The van der Waals surface area contributed by atoms with E-state index in [1.54, 1.807) is 6.08 Å². The molecule has 2 heterocycles. The van der Waals surface area contributed by atoms with Crippen molar-refractivity contribution in [2.75, 3.05) is 33.7 Å². The highest BCUT2D eigenvalue weighted by molar-refractivity contribution is 6.00. The number of carbonyl (C=O) groups is 1.